The summed E-state index contributed by atoms with van der Waals surface area (Å²) in [6.45, 7) is 3.20. The summed E-state index contributed by atoms with van der Waals surface area (Å²) < 4.78 is 13.0. The SMILES string of the molecule is CSc1cccc(NC(=O)N2CCCC(C)(C(=O)NCc3ccc(F)cc3)C2)c1. The maximum absolute atomic E-state index is 13.0. The zero-order valence-corrected chi connectivity index (χ0v) is 17.5. The molecule has 5 nitrogen and oxygen atoms in total. The standard InChI is InChI=1S/C22H26FN3O2S/c1-22(20(27)24-14-16-7-9-17(23)10-8-16)11-4-12-26(15-22)21(28)25-18-5-3-6-19(13-18)29-2/h3,5-10,13H,4,11-12,14-15H2,1-2H3,(H,24,27)(H,25,28). The summed E-state index contributed by atoms with van der Waals surface area (Å²) in [5.74, 6) is -0.396. The quantitative estimate of drug-likeness (QED) is 0.707. The number of urea groups is 1. The summed E-state index contributed by atoms with van der Waals surface area (Å²) in [7, 11) is 0. The van der Waals surface area contributed by atoms with Crippen molar-refractivity contribution in [1.29, 1.82) is 0 Å². The summed E-state index contributed by atoms with van der Waals surface area (Å²) in [6, 6.07) is 13.6. The molecule has 0 radical (unpaired) electrons. The van der Waals surface area contributed by atoms with Crippen molar-refractivity contribution in [3.8, 4) is 0 Å². The number of anilines is 1. The van der Waals surface area contributed by atoms with E-state index in [1.807, 2.05) is 37.4 Å². The first-order valence-electron chi connectivity index (χ1n) is 9.62. The number of carbonyl (C=O) groups is 2. The first-order chi connectivity index (χ1) is 13.9. The summed E-state index contributed by atoms with van der Waals surface area (Å²) in [6.07, 6.45) is 3.47. The van der Waals surface area contributed by atoms with Crippen molar-refractivity contribution in [1.82, 2.24) is 10.2 Å². The second kappa shape index (κ2) is 9.31. The van der Waals surface area contributed by atoms with Crippen molar-refractivity contribution in [2.45, 2.75) is 31.2 Å². The van der Waals surface area contributed by atoms with Crippen molar-refractivity contribution in [3.05, 3.63) is 59.9 Å². The minimum absolute atomic E-state index is 0.0938. The molecule has 3 amide bonds. The molecule has 0 spiro atoms. The Morgan fingerprint density at radius 2 is 1.97 bits per heavy atom. The molecule has 2 aromatic rings. The monoisotopic (exact) mass is 415 g/mol. The van der Waals surface area contributed by atoms with E-state index in [1.165, 1.54) is 12.1 Å². The number of amides is 3. The van der Waals surface area contributed by atoms with E-state index in [1.54, 1.807) is 28.8 Å². The highest BCUT2D eigenvalue weighted by Gasteiger charge is 2.39. The van der Waals surface area contributed by atoms with Gasteiger partial charge in [0.05, 0.1) is 5.41 Å². The van der Waals surface area contributed by atoms with Gasteiger partial charge in [-0.25, -0.2) is 9.18 Å². The number of nitrogens with one attached hydrogen (secondary N) is 2. The molecular weight excluding hydrogens is 389 g/mol. The second-order valence-corrected chi connectivity index (χ2v) is 8.44. The molecule has 1 atom stereocenters. The molecule has 2 aromatic carbocycles. The van der Waals surface area contributed by atoms with E-state index in [0.717, 1.165) is 22.6 Å². The summed E-state index contributed by atoms with van der Waals surface area (Å²) in [5, 5.41) is 5.86. The first kappa shape index (κ1) is 21.2. The third kappa shape index (κ3) is 5.50. The average molecular weight is 416 g/mol. The zero-order valence-electron chi connectivity index (χ0n) is 16.7. The third-order valence-electron chi connectivity index (χ3n) is 5.22. The number of hydrogen-bond donors (Lipinski definition) is 2. The van der Waals surface area contributed by atoms with Crippen LogP contribution in [0.2, 0.25) is 0 Å². The highest BCUT2D eigenvalue weighted by Crippen LogP contribution is 2.30. The molecule has 1 saturated heterocycles. The number of halogens is 1. The van der Waals surface area contributed by atoms with Gasteiger partial charge in [0, 0.05) is 30.2 Å². The van der Waals surface area contributed by atoms with E-state index in [2.05, 4.69) is 10.6 Å². The lowest BCUT2D eigenvalue weighted by Gasteiger charge is -2.39. The molecule has 29 heavy (non-hydrogen) atoms. The van der Waals surface area contributed by atoms with Gasteiger partial charge in [-0.1, -0.05) is 18.2 Å². The number of carbonyl (C=O) groups excluding carboxylic acids is 2. The number of likely N-dealkylation sites (tertiary alicyclic amines) is 1. The normalized spacial score (nSPS) is 18.9. The summed E-state index contributed by atoms with van der Waals surface area (Å²) in [5.41, 5.74) is 0.925. The highest BCUT2D eigenvalue weighted by molar-refractivity contribution is 7.98. The Bertz CT molecular complexity index is 875. The van der Waals surface area contributed by atoms with Gasteiger partial charge in [0.25, 0.3) is 0 Å². The maximum Gasteiger partial charge on any atom is 0.321 e. The largest absolute Gasteiger partial charge is 0.351 e. The molecule has 2 N–H and O–H groups in total. The molecule has 0 aromatic heterocycles. The third-order valence-corrected chi connectivity index (χ3v) is 5.94. The predicted molar refractivity (Wildman–Crippen MR) is 114 cm³/mol. The van der Waals surface area contributed by atoms with E-state index >= 15 is 0 Å². The maximum atomic E-state index is 13.0. The van der Waals surface area contributed by atoms with Crippen LogP contribution in [0, 0.1) is 11.2 Å². The number of thioether (sulfide) groups is 1. The van der Waals surface area contributed by atoms with Gasteiger partial charge in [0.2, 0.25) is 5.91 Å². The molecule has 154 valence electrons. The Morgan fingerprint density at radius 1 is 1.21 bits per heavy atom. The Morgan fingerprint density at radius 3 is 2.69 bits per heavy atom. The van der Waals surface area contributed by atoms with Crippen molar-refractivity contribution in [2.24, 2.45) is 5.41 Å². The molecule has 7 heteroatoms. The number of hydrogen-bond acceptors (Lipinski definition) is 3. The zero-order chi connectivity index (χ0) is 20.9. The molecule has 1 heterocycles. The average Bonchev–Trinajstić information content (AvgIpc) is 2.73. The van der Waals surface area contributed by atoms with E-state index in [0.29, 0.717) is 26.1 Å². The Labute approximate surface area is 175 Å². The van der Waals surface area contributed by atoms with Crippen LogP contribution in [0.3, 0.4) is 0 Å². The topological polar surface area (TPSA) is 61.4 Å². The fourth-order valence-corrected chi connectivity index (χ4v) is 3.96. The lowest BCUT2D eigenvalue weighted by atomic mass is 9.81. The van der Waals surface area contributed by atoms with E-state index in [-0.39, 0.29) is 17.8 Å². The van der Waals surface area contributed by atoms with Crippen LogP contribution in [-0.2, 0) is 11.3 Å². The predicted octanol–water partition coefficient (Wildman–Crippen LogP) is 4.50. The molecule has 1 unspecified atom stereocenters. The van der Waals surface area contributed by atoms with Gasteiger partial charge in [0.15, 0.2) is 0 Å². The molecule has 0 aliphatic carbocycles. The smallest absolute Gasteiger partial charge is 0.321 e. The lowest BCUT2D eigenvalue weighted by Crippen LogP contribution is -2.52. The van der Waals surface area contributed by atoms with E-state index in [9.17, 15) is 14.0 Å². The number of piperidine rings is 1. The van der Waals surface area contributed by atoms with Crippen molar-refractivity contribution in [2.75, 3.05) is 24.7 Å². The Hall–Kier alpha value is -2.54. The lowest BCUT2D eigenvalue weighted by molar-refractivity contribution is -0.132. The fourth-order valence-electron chi connectivity index (χ4n) is 3.50. The van der Waals surface area contributed by atoms with Crippen molar-refractivity contribution >= 4 is 29.4 Å². The minimum atomic E-state index is -0.656. The molecular formula is C22H26FN3O2S. The first-order valence-corrected chi connectivity index (χ1v) is 10.8. The highest BCUT2D eigenvalue weighted by atomic mass is 32.2. The van der Waals surface area contributed by atoms with Crippen LogP contribution in [0.4, 0.5) is 14.9 Å². The fraction of sp³-hybridized carbons (Fsp3) is 0.364. The van der Waals surface area contributed by atoms with E-state index in [4.69, 9.17) is 0 Å². The molecule has 0 bridgehead atoms. The molecule has 1 aliphatic heterocycles. The number of benzene rings is 2. The van der Waals surface area contributed by atoms with Gasteiger partial charge < -0.3 is 15.5 Å². The van der Waals surface area contributed by atoms with Crippen LogP contribution in [0.25, 0.3) is 0 Å². The van der Waals surface area contributed by atoms with Gasteiger partial charge in [-0.05, 0) is 61.9 Å². The van der Waals surface area contributed by atoms with Gasteiger partial charge >= 0.3 is 6.03 Å². The van der Waals surface area contributed by atoms with Crippen LogP contribution in [0.1, 0.15) is 25.3 Å². The Balaban J connectivity index is 1.59. The summed E-state index contributed by atoms with van der Waals surface area (Å²) in [4.78, 5) is 28.3. The van der Waals surface area contributed by atoms with Crippen LogP contribution >= 0.6 is 11.8 Å². The van der Waals surface area contributed by atoms with Gasteiger partial charge in [-0.2, -0.15) is 0 Å². The molecule has 1 fully saturated rings. The van der Waals surface area contributed by atoms with Crippen LogP contribution in [0.15, 0.2) is 53.4 Å². The molecule has 3 rings (SSSR count). The van der Waals surface area contributed by atoms with Crippen LogP contribution < -0.4 is 10.6 Å². The second-order valence-electron chi connectivity index (χ2n) is 7.56. The van der Waals surface area contributed by atoms with Crippen LogP contribution in [0.5, 0.6) is 0 Å². The van der Waals surface area contributed by atoms with Crippen molar-refractivity contribution in [3.63, 3.8) is 0 Å². The molecule has 1 aliphatic rings. The van der Waals surface area contributed by atoms with Gasteiger partial charge in [0.1, 0.15) is 5.82 Å². The summed E-state index contributed by atoms with van der Waals surface area (Å²) >= 11 is 1.62. The van der Waals surface area contributed by atoms with E-state index < -0.39 is 5.41 Å². The van der Waals surface area contributed by atoms with Crippen molar-refractivity contribution < 1.29 is 14.0 Å². The Kier molecular flexibility index (Phi) is 6.79. The number of nitrogens with zero attached hydrogens (tertiary/aromatic N) is 1. The van der Waals surface area contributed by atoms with Crippen LogP contribution in [-0.4, -0.2) is 36.2 Å². The van der Waals surface area contributed by atoms with Gasteiger partial charge in [-0.3, -0.25) is 4.79 Å². The number of rotatable bonds is 5. The molecule has 0 saturated carbocycles. The van der Waals surface area contributed by atoms with Gasteiger partial charge in [-0.15, -0.1) is 11.8 Å². The minimum Gasteiger partial charge on any atom is -0.351 e.